The molecule has 0 saturated heterocycles. The molecule has 2 unspecified atom stereocenters. The first kappa shape index (κ1) is 13.5. The third-order valence-electron chi connectivity index (χ3n) is 2.88. The van der Waals surface area contributed by atoms with Crippen LogP contribution in [-0.2, 0) is 4.79 Å². The zero-order valence-corrected chi connectivity index (χ0v) is 10.7. The van der Waals surface area contributed by atoms with Crippen molar-refractivity contribution in [2.75, 3.05) is 21.2 Å². The SMILES string of the molecule is COc1ccccc1C(C(C)C(=O)O)N(C)C. The summed E-state index contributed by atoms with van der Waals surface area (Å²) in [6.45, 7) is 1.71. The van der Waals surface area contributed by atoms with Crippen LogP contribution in [0.1, 0.15) is 18.5 Å². The normalized spacial score (nSPS) is 14.4. The van der Waals surface area contributed by atoms with Crippen LogP contribution < -0.4 is 4.74 Å². The van der Waals surface area contributed by atoms with E-state index < -0.39 is 11.9 Å². The molecule has 1 aromatic carbocycles. The van der Waals surface area contributed by atoms with Gasteiger partial charge in [0.2, 0.25) is 0 Å². The molecule has 0 fully saturated rings. The number of ether oxygens (including phenoxy) is 1. The fourth-order valence-corrected chi connectivity index (χ4v) is 2.04. The Labute approximate surface area is 102 Å². The summed E-state index contributed by atoms with van der Waals surface area (Å²) < 4.78 is 5.29. The van der Waals surface area contributed by atoms with E-state index in [4.69, 9.17) is 9.84 Å². The Morgan fingerprint density at radius 3 is 2.41 bits per heavy atom. The van der Waals surface area contributed by atoms with Gasteiger partial charge in [0, 0.05) is 5.56 Å². The summed E-state index contributed by atoms with van der Waals surface area (Å²) in [5, 5.41) is 9.16. The van der Waals surface area contributed by atoms with Gasteiger partial charge in [-0.25, -0.2) is 0 Å². The molecular weight excluding hydrogens is 218 g/mol. The van der Waals surface area contributed by atoms with E-state index in [1.54, 1.807) is 14.0 Å². The predicted octanol–water partition coefficient (Wildman–Crippen LogP) is 2.02. The number of rotatable bonds is 5. The first-order chi connectivity index (χ1) is 7.99. The Bertz CT molecular complexity index is 390. The maximum absolute atomic E-state index is 11.2. The van der Waals surface area contributed by atoms with Gasteiger partial charge in [-0.15, -0.1) is 0 Å². The van der Waals surface area contributed by atoms with Crippen molar-refractivity contribution >= 4 is 5.97 Å². The summed E-state index contributed by atoms with van der Waals surface area (Å²) >= 11 is 0. The molecule has 0 aliphatic rings. The lowest BCUT2D eigenvalue weighted by Crippen LogP contribution is -2.30. The highest BCUT2D eigenvalue weighted by molar-refractivity contribution is 5.71. The van der Waals surface area contributed by atoms with Gasteiger partial charge >= 0.3 is 5.97 Å². The van der Waals surface area contributed by atoms with E-state index in [9.17, 15) is 4.79 Å². The highest BCUT2D eigenvalue weighted by Gasteiger charge is 2.29. The molecule has 0 aliphatic heterocycles. The maximum Gasteiger partial charge on any atom is 0.308 e. The first-order valence-corrected chi connectivity index (χ1v) is 5.51. The summed E-state index contributed by atoms with van der Waals surface area (Å²) in [6.07, 6.45) is 0. The molecule has 0 saturated carbocycles. The first-order valence-electron chi connectivity index (χ1n) is 5.51. The van der Waals surface area contributed by atoms with Crippen LogP contribution in [0.4, 0.5) is 0 Å². The van der Waals surface area contributed by atoms with Crippen LogP contribution in [-0.4, -0.2) is 37.2 Å². The molecule has 0 aliphatic carbocycles. The quantitative estimate of drug-likeness (QED) is 0.851. The van der Waals surface area contributed by atoms with E-state index >= 15 is 0 Å². The summed E-state index contributed by atoms with van der Waals surface area (Å²) in [4.78, 5) is 13.1. The number of hydrogen-bond acceptors (Lipinski definition) is 3. The van der Waals surface area contributed by atoms with Crippen LogP contribution >= 0.6 is 0 Å². The highest BCUT2D eigenvalue weighted by atomic mass is 16.5. The molecule has 17 heavy (non-hydrogen) atoms. The second-order valence-electron chi connectivity index (χ2n) is 4.28. The molecule has 4 nitrogen and oxygen atoms in total. The van der Waals surface area contributed by atoms with Crippen molar-refractivity contribution in [2.45, 2.75) is 13.0 Å². The molecule has 0 aromatic heterocycles. The Morgan fingerprint density at radius 1 is 1.35 bits per heavy atom. The fraction of sp³-hybridized carbons (Fsp3) is 0.462. The molecule has 0 heterocycles. The molecule has 1 aromatic rings. The second-order valence-corrected chi connectivity index (χ2v) is 4.28. The smallest absolute Gasteiger partial charge is 0.308 e. The minimum atomic E-state index is -0.811. The van der Waals surface area contributed by atoms with Crippen molar-refractivity contribution in [3.05, 3.63) is 29.8 Å². The second kappa shape index (κ2) is 5.68. The van der Waals surface area contributed by atoms with Crippen LogP contribution in [0.15, 0.2) is 24.3 Å². The Kier molecular flexibility index (Phi) is 4.52. The Hall–Kier alpha value is -1.55. The van der Waals surface area contributed by atoms with Crippen molar-refractivity contribution < 1.29 is 14.6 Å². The molecule has 1 N–H and O–H groups in total. The molecule has 4 heteroatoms. The number of carboxylic acids is 1. The van der Waals surface area contributed by atoms with E-state index in [-0.39, 0.29) is 6.04 Å². The molecule has 94 valence electrons. The minimum absolute atomic E-state index is 0.205. The Balaban J connectivity index is 3.18. The third kappa shape index (κ3) is 2.97. The van der Waals surface area contributed by atoms with Crippen molar-refractivity contribution in [3.8, 4) is 5.75 Å². The van der Waals surface area contributed by atoms with Gasteiger partial charge in [0.05, 0.1) is 19.1 Å². The van der Waals surface area contributed by atoms with Crippen molar-refractivity contribution in [1.29, 1.82) is 0 Å². The topological polar surface area (TPSA) is 49.8 Å². The number of carboxylic acid groups (broad SMARTS) is 1. The number of methoxy groups -OCH3 is 1. The van der Waals surface area contributed by atoms with E-state index in [0.717, 1.165) is 11.3 Å². The van der Waals surface area contributed by atoms with Crippen LogP contribution in [0.2, 0.25) is 0 Å². The van der Waals surface area contributed by atoms with Gasteiger partial charge in [0.25, 0.3) is 0 Å². The molecule has 0 bridgehead atoms. The lowest BCUT2D eigenvalue weighted by atomic mass is 9.93. The zero-order chi connectivity index (χ0) is 13.0. The largest absolute Gasteiger partial charge is 0.496 e. The zero-order valence-electron chi connectivity index (χ0n) is 10.7. The van der Waals surface area contributed by atoms with Gasteiger partial charge in [-0.2, -0.15) is 0 Å². The average Bonchev–Trinajstić information content (AvgIpc) is 2.29. The van der Waals surface area contributed by atoms with Gasteiger partial charge < -0.3 is 14.7 Å². The molecule has 0 amide bonds. The number of nitrogens with zero attached hydrogens (tertiary/aromatic N) is 1. The summed E-state index contributed by atoms with van der Waals surface area (Å²) in [7, 11) is 5.34. The van der Waals surface area contributed by atoms with E-state index in [1.165, 1.54) is 0 Å². The number of benzene rings is 1. The maximum atomic E-state index is 11.2. The molecule has 0 spiro atoms. The standard InChI is InChI=1S/C13H19NO3/c1-9(13(15)16)12(14(2)3)10-7-5-6-8-11(10)17-4/h5-9,12H,1-4H3,(H,15,16). The molecule has 1 rings (SSSR count). The van der Waals surface area contributed by atoms with Crippen LogP contribution in [0.3, 0.4) is 0 Å². The van der Waals surface area contributed by atoms with Gasteiger partial charge in [0.15, 0.2) is 0 Å². The van der Waals surface area contributed by atoms with Crippen molar-refractivity contribution in [2.24, 2.45) is 5.92 Å². The van der Waals surface area contributed by atoms with Gasteiger partial charge in [-0.1, -0.05) is 25.1 Å². The average molecular weight is 237 g/mol. The lowest BCUT2D eigenvalue weighted by Gasteiger charge is -2.29. The molecular formula is C13H19NO3. The number of para-hydroxylation sites is 1. The van der Waals surface area contributed by atoms with E-state index in [2.05, 4.69) is 0 Å². The summed E-state index contributed by atoms with van der Waals surface area (Å²) in [6, 6.07) is 7.32. The van der Waals surface area contributed by atoms with Crippen LogP contribution in [0.25, 0.3) is 0 Å². The van der Waals surface area contributed by atoms with Gasteiger partial charge in [0.1, 0.15) is 5.75 Å². The minimum Gasteiger partial charge on any atom is -0.496 e. The van der Waals surface area contributed by atoms with Gasteiger partial charge in [-0.3, -0.25) is 4.79 Å². The monoisotopic (exact) mass is 237 g/mol. The highest BCUT2D eigenvalue weighted by Crippen LogP contribution is 2.33. The third-order valence-corrected chi connectivity index (χ3v) is 2.88. The van der Waals surface area contributed by atoms with Crippen molar-refractivity contribution in [3.63, 3.8) is 0 Å². The molecule has 0 radical (unpaired) electrons. The van der Waals surface area contributed by atoms with E-state index in [1.807, 2.05) is 43.3 Å². The number of hydrogen-bond donors (Lipinski definition) is 1. The lowest BCUT2D eigenvalue weighted by molar-refractivity contribution is -0.143. The predicted molar refractivity (Wildman–Crippen MR) is 66.2 cm³/mol. The number of aliphatic carboxylic acids is 1. The van der Waals surface area contributed by atoms with Gasteiger partial charge in [-0.05, 0) is 20.2 Å². The Morgan fingerprint density at radius 2 is 1.94 bits per heavy atom. The summed E-state index contributed by atoms with van der Waals surface area (Å²) in [5.41, 5.74) is 0.898. The van der Waals surface area contributed by atoms with E-state index in [0.29, 0.717) is 0 Å². The van der Waals surface area contributed by atoms with Crippen LogP contribution in [0, 0.1) is 5.92 Å². The van der Waals surface area contributed by atoms with Crippen molar-refractivity contribution in [1.82, 2.24) is 4.90 Å². The van der Waals surface area contributed by atoms with Crippen LogP contribution in [0.5, 0.6) is 5.75 Å². The fourth-order valence-electron chi connectivity index (χ4n) is 2.04. The molecule has 2 atom stereocenters. The summed E-state index contributed by atoms with van der Waals surface area (Å²) in [5.74, 6) is -0.588. The number of carbonyl (C=O) groups is 1.